The molecule has 14 heteroatoms. The summed E-state index contributed by atoms with van der Waals surface area (Å²) in [5.74, 6) is -0.0328. The number of fused-ring (bicyclic) bond motifs is 1. The maximum atomic E-state index is 13.3. The van der Waals surface area contributed by atoms with Crippen LogP contribution in [0.5, 0.6) is 5.75 Å². The Bertz CT molecular complexity index is 1710. The Morgan fingerprint density at radius 1 is 1.06 bits per heavy atom. The summed E-state index contributed by atoms with van der Waals surface area (Å²) in [6.07, 6.45) is -1.61. The van der Waals surface area contributed by atoms with Gasteiger partial charge >= 0.3 is 12.1 Å². The minimum atomic E-state index is -4.77. The lowest BCUT2D eigenvalue weighted by Gasteiger charge is -2.25. The van der Waals surface area contributed by atoms with Gasteiger partial charge in [0.2, 0.25) is 15.9 Å². The number of esters is 1. The van der Waals surface area contributed by atoms with Crippen LogP contribution in [0.4, 0.5) is 24.7 Å². The van der Waals surface area contributed by atoms with Crippen LogP contribution in [0.15, 0.2) is 59.5 Å². The highest BCUT2D eigenvalue weighted by molar-refractivity contribution is 7.89. The maximum Gasteiger partial charge on any atom is 0.416 e. The highest BCUT2D eigenvalue weighted by Crippen LogP contribution is 2.31. The van der Waals surface area contributed by atoms with Crippen LogP contribution in [0, 0.1) is 0 Å². The van der Waals surface area contributed by atoms with Gasteiger partial charge < -0.3 is 20.1 Å². The summed E-state index contributed by atoms with van der Waals surface area (Å²) in [7, 11) is -4.60. The molecule has 1 aliphatic rings. The molecule has 1 aliphatic heterocycles. The summed E-state index contributed by atoms with van der Waals surface area (Å²) in [6.45, 7) is 7.33. The number of aryl methyl sites for hydroxylation is 2. The average Bonchev–Trinajstić information content (AvgIpc) is 2.98. The van der Waals surface area contributed by atoms with Gasteiger partial charge in [-0.05, 0) is 100 Å². The number of carbonyl (C=O) groups excluding carboxylic acids is 2. The SMILES string of the molecule is CC(=O)Nc1cc(C[C@H](NS(=O)(=O)c2cccc(C(F)(F)F)c2)C(=O)OC(C)(C)C)ccc1OCCCc1ccc2c(n1)NCCC2. The van der Waals surface area contributed by atoms with E-state index >= 15 is 0 Å². The average molecular weight is 677 g/mol. The van der Waals surface area contributed by atoms with E-state index in [1.54, 1.807) is 39.0 Å². The Kier molecular flexibility index (Phi) is 11.2. The Balaban J connectivity index is 1.50. The molecule has 0 fully saturated rings. The number of halogens is 3. The first-order chi connectivity index (χ1) is 22.0. The van der Waals surface area contributed by atoms with Crippen LogP contribution in [0.2, 0.25) is 0 Å². The van der Waals surface area contributed by atoms with Crippen LogP contribution in [-0.2, 0) is 49.8 Å². The van der Waals surface area contributed by atoms with E-state index in [2.05, 4.69) is 26.4 Å². The van der Waals surface area contributed by atoms with E-state index in [0.29, 0.717) is 42.5 Å². The van der Waals surface area contributed by atoms with Gasteiger partial charge in [0.1, 0.15) is 23.2 Å². The zero-order valence-electron chi connectivity index (χ0n) is 26.7. The molecule has 3 N–H and O–H groups in total. The van der Waals surface area contributed by atoms with E-state index in [1.807, 2.05) is 6.07 Å². The first kappa shape index (κ1) is 35.7. The molecular weight excluding hydrogens is 637 g/mol. The third kappa shape index (κ3) is 10.4. The summed E-state index contributed by atoms with van der Waals surface area (Å²) < 4.78 is 79.8. The van der Waals surface area contributed by atoms with E-state index < -0.39 is 44.3 Å². The minimum Gasteiger partial charge on any atom is -0.491 e. The van der Waals surface area contributed by atoms with Gasteiger partial charge in [-0.3, -0.25) is 9.59 Å². The molecule has 0 saturated heterocycles. The van der Waals surface area contributed by atoms with E-state index in [-0.39, 0.29) is 12.3 Å². The molecule has 2 heterocycles. The van der Waals surface area contributed by atoms with Crippen molar-refractivity contribution in [3.05, 3.63) is 77.0 Å². The van der Waals surface area contributed by atoms with Crippen molar-refractivity contribution in [2.75, 3.05) is 23.8 Å². The second-order valence-corrected chi connectivity index (χ2v) is 14.0. The lowest BCUT2D eigenvalue weighted by molar-refractivity contribution is -0.157. The molecule has 0 radical (unpaired) electrons. The third-order valence-electron chi connectivity index (χ3n) is 7.04. The number of pyridine rings is 1. The molecule has 2 aromatic carbocycles. The Morgan fingerprint density at radius 2 is 1.83 bits per heavy atom. The first-order valence-electron chi connectivity index (χ1n) is 15.2. The number of rotatable bonds is 12. The number of nitrogens with zero attached hydrogens (tertiary/aromatic N) is 1. The molecule has 1 aromatic heterocycles. The first-order valence-corrected chi connectivity index (χ1v) is 16.7. The summed E-state index contributed by atoms with van der Waals surface area (Å²) in [6, 6.07) is 10.5. The van der Waals surface area contributed by atoms with Gasteiger partial charge in [0.15, 0.2) is 0 Å². The fraction of sp³-hybridized carbons (Fsp3) is 0.424. The minimum absolute atomic E-state index is 0.238. The Hall–Kier alpha value is -4.17. The topological polar surface area (TPSA) is 136 Å². The third-order valence-corrected chi connectivity index (χ3v) is 8.51. The molecule has 254 valence electrons. The number of aromatic nitrogens is 1. The van der Waals surface area contributed by atoms with Crippen molar-refractivity contribution in [2.24, 2.45) is 0 Å². The van der Waals surface area contributed by atoms with Crippen LogP contribution < -0.4 is 20.1 Å². The number of hydrogen-bond donors (Lipinski definition) is 3. The second-order valence-electron chi connectivity index (χ2n) is 12.2. The molecule has 4 rings (SSSR count). The van der Waals surface area contributed by atoms with Crippen molar-refractivity contribution in [1.29, 1.82) is 0 Å². The van der Waals surface area contributed by atoms with Crippen molar-refractivity contribution >= 4 is 33.4 Å². The van der Waals surface area contributed by atoms with Crippen molar-refractivity contribution in [3.63, 3.8) is 0 Å². The standard InChI is InChI=1S/C33H39F3N4O6S/c1-21(41)38-27-18-22(12-15-29(27)45-17-7-10-25-14-13-23-8-6-16-37-30(23)39-25)19-28(31(42)46-32(2,3)4)40-47(43,44)26-11-5-9-24(20-26)33(34,35)36/h5,9,11-15,18,20,28,40H,6-8,10,16-17,19H2,1-4H3,(H,37,39)(H,38,41)/t28-/m0/s1. The molecule has 1 amide bonds. The zero-order chi connectivity index (χ0) is 34.4. The van der Waals surface area contributed by atoms with E-state index in [9.17, 15) is 31.2 Å². The lowest BCUT2D eigenvalue weighted by Crippen LogP contribution is -2.45. The lowest BCUT2D eigenvalue weighted by atomic mass is 10.0. The number of alkyl halides is 3. The second kappa shape index (κ2) is 14.7. The normalized spacial score (nSPS) is 14.0. The Morgan fingerprint density at radius 3 is 2.53 bits per heavy atom. The number of sulfonamides is 1. The molecule has 47 heavy (non-hydrogen) atoms. The predicted molar refractivity (Wildman–Crippen MR) is 171 cm³/mol. The van der Waals surface area contributed by atoms with Crippen molar-refractivity contribution in [2.45, 2.75) is 82.5 Å². The van der Waals surface area contributed by atoms with Gasteiger partial charge in [-0.25, -0.2) is 13.4 Å². The van der Waals surface area contributed by atoms with Gasteiger partial charge in [0.05, 0.1) is 22.8 Å². The van der Waals surface area contributed by atoms with Crippen molar-refractivity contribution in [3.8, 4) is 5.75 Å². The molecule has 10 nitrogen and oxygen atoms in total. The number of anilines is 2. The summed E-state index contributed by atoms with van der Waals surface area (Å²) in [5, 5.41) is 6.02. The van der Waals surface area contributed by atoms with Gasteiger partial charge in [-0.15, -0.1) is 0 Å². The van der Waals surface area contributed by atoms with Crippen LogP contribution in [-0.4, -0.2) is 50.1 Å². The molecule has 0 unspecified atom stereocenters. The van der Waals surface area contributed by atoms with Gasteiger partial charge in [-0.2, -0.15) is 17.9 Å². The van der Waals surface area contributed by atoms with Crippen molar-refractivity contribution in [1.82, 2.24) is 9.71 Å². The van der Waals surface area contributed by atoms with Crippen molar-refractivity contribution < 1.29 is 40.7 Å². The summed E-state index contributed by atoms with van der Waals surface area (Å²) >= 11 is 0. The summed E-state index contributed by atoms with van der Waals surface area (Å²) in [4.78, 5) is 29.2. The van der Waals surface area contributed by atoms with Crippen LogP contribution in [0.25, 0.3) is 0 Å². The zero-order valence-corrected chi connectivity index (χ0v) is 27.5. The molecule has 0 aliphatic carbocycles. The highest BCUT2D eigenvalue weighted by atomic mass is 32.2. The number of nitrogens with one attached hydrogen (secondary N) is 3. The largest absolute Gasteiger partial charge is 0.491 e. The maximum absolute atomic E-state index is 13.3. The molecule has 3 aromatic rings. The smallest absolute Gasteiger partial charge is 0.416 e. The molecule has 0 bridgehead atoms. The fourth-order valence-electron chi connectivity index (χ4n) is 4.94. The number of carbonyl (C=O) groups is 2. The number of hydrogen-bond acceptors (Lipinski definition) is 8. The van der Waals surface area contributed by atoms with Crippen LogP contribution in [0.3, 0.4) is 0 Å². The number of amides is 1. The molecule has 0 saturated carbocycles. The summed E-state index contributed by atoms with van der Waals surface area (Å²) in [5.41, 5.74) is 0.722. The molecular formula is C33H39F3N4O6S. The van der Waals surface area contributed by atoms with E-state index in [1.165, 1.54) is 12.5 Å². The fourth-order valence-corrected chi connectivity index (χ4v) is 6.17. The van der Waals surface area contributed by atoms with Gasteiger partial charge in [-0.1, -0.05) is 18.2 Å². The van der Waals surface area contributed by atoms with Crippen LogP contribution in [0.1, 0.15) is 62.9 Å². The van der Waals surface area contributed by atoms with Gasteiger partial charge in [0.25, 0.3) is 0 Å². The molecule has 1 atom stereocenters. The molecule has 0 spiro atoms. The van der Waals surface area contributed by atoms with Crippen LogP contribution >= 0.6 is 0 Å². The highest BCUT2D eigenvalue weighted by Gasteiger charge is 2.34. The quantitative estimate of drug-likeness (QED) is 0.165. The number of ether oxygens (including phenoxy) is 2. The van der Waals surface area contributed by atoms with E-state index in [4.69, 9.17) is 9.47 Å². The predicted octanol–water partition coefficient (Wildman–Crippen LogP) is 5.66. The van der Waals surface area contributed by atoms with Gasteiger partial charge in [0, 0.05) is 19.2 Å². The monoisotopic (exact) mass is 676 g/mol. The Labute approximate surface area is 272 Å². The number of benzene rings is 2. The van der Waals surface area contributed by atoms with E-state index in [0.717, 1.165) is 49.1 Å².